The predicted octanol–water partition coefficient (Wildman–Crippen LogP) is 24.4. The summed E-state index contributed by atoms with van der Waals surface area (Å²) in [6.45, 7) is 9.54. The van der Waals surface area contributed by atoms with Crippen LogP contribution >= 0.6 is 47.6 Å². The van der Waals surface area contributed by atoms with E-state index in [2.05, 4.69) is 413 Å². The number of carbonyl (C=O) groups is 2. The van der Waals surface area contributed by atoms with Crippen molar-refractivity contribution in [3.63, 3.8) is 0 Å². The SMILES string of the molecule is CC1(C)OB(c2ccc(NC(=O)N3CCc4ccccc43)cc2)OC1(C)C.O=C(Nc1ccc(-c2c[nH]c(=O)c3ccccc23)cc1)N1CCc2ccccc21.O=c1[nH]cc(Br)c2ccccc12.[Pd].c1ccc(P(c2ccccc2)c2ccccc2)cc1.c1ccc(P(c2ccccc2)c2ccccc2)cc1.c1ccc(P(c2ccccc2)c2ccccc2)cc1.c1ccc(P(c2ccccc2)c2ccccc2)cc1. The van der Waals surface area contributed by atoms with Gasteiger partial charge in [0.2, 0.25) is 0 Å². The summed E-state index contributed by atoms with van der Waals surface area (Å²) in [4.78, 5) is 57.7. The first-order valence-electron chi connectivity index (χ1n) is 48.1. The van der Waals surface area contributed by atoms with Crippen molar-refractivity contribution in [1.29, 1.82) is 0 Å². The average molecular weight is 2130 g/mol. The number of nitrogens with zero attached hydrogens (tertiary/aromatic N) is 2. The number of benzene rings is 18. The van der Waals surface area contributed by atoms with Crippen LogP contribution in [-0.2, 0) is 42.6 Å². The van der Waals surface area contributed by atoms with Gasteiger partial charge in [-0.05, 0) is 228 Å². The number of urea groups is 2. The van der Waals surface area contributed by atoms with E-state index in [0.29, 0.717) is 23.9 Å². The molecule has 18 aromatic carbocycles. The molecule has 2 aromatic heterocycles. The van der Waals surface area contributed by atoms with Crippen molar-refractivity contribution in [1.82, 2.24) is 9.97 Å². The standard InChI is InChI=1S/C24H19N3O2.C21H25BN2O3.4C18H15P.C9H6BrNO.Pd/c28-23-20-7-3-2-6-19(20)21(15-25-23)16-9-11-18(12-10-16)26-24(29)27-14-13-17-5-1-4-8-22(17)27;1-20(2)21(3,4)27-22(26-20)16-9-11-17(12-10-16)23-19(25)24-14-13-15-7-5-6-8-18(15)24;4*1-4-10-16(11-5-1)19(17-12-6-2-7-13-17)18-14-8-3-9-15-18;10-8-5-11-9(12)7-4-2-1-3-6(7)8;/h1-12,15H,13-14H2,(H,25,28)(H,26,29);5-12H,13-14H2,1-4H3,(H,23,25);4*1-15H;1-5H,(H,11,12);. The van der Waals surface area contributed by atoms with Gasteiger partial charge in [0.1, 0.15) is 0 Å². The van der Waals surface area contributed by atoms with Crippen molar-refractivity contribution < 1.29 is 39.3 Å². The fraction of sp³-hybridized carbons (Fsp3) is 0.0794. The van der Waals surface area contributed by atoms with Gasteiger partial charge in [-0.15, -0.1) is 0 Å². The topological polar surface area (TPSA) is 149 Å². The van der Waals surface area contributed by atoms with E-state index in [1.165, 1.54) is 74.8 Å². The normalized spacial score (nSPS) is 12.7. The second-order valence-corrected chi connectivity index (χ2v) is 44.9. The molecule has 19 heteroatoms. The molecule has 0 bridgehead atoms. The zero-order valence-corrected chi connectivity index (χ0v) is 87.6. The smallest absolute Gasteiger partial charge is 0.399 e. The molecule has 0 atom stereocenters. The van der Waals surface area contributed by atoms with Gasteiger partial charge in [-0.25, -0.2) is 9.59 Å². The van der Waals surface area contributed by atoms with Crippen LogP contribution in [0, 0.1) is 0 Å². The number of para-hydroxylation sites is 2. The van der Waals surface area contributed by atoms with E-state index in [9.17, 15) is 19.2 Å². The summed E-state index contributed by atoms with van der Waals surface area (Å²) in [5.41, 5.74) is 7.85. The summed E-state index contributed by atoms with van der Waals surface area (Å²) >= 11 is 3.36. The largest absolute Gasteiger partial charge is 0.494 e. The number of H-pyrrole nitrogens is 2. The molecule has 0 unspecified atom stereocenters. The zero-order chi connectivity index (χ0) is 99.2. The summed E-state index contributed by atoms with van der Waals surface area (Å²) in [6.07, 6.45) is 5.16. The number of aromatic nitrogens is 2. The molecule has 3 aliphatic rings. The fourth-order valence-corrected chi connectivity index (χ4v) is 26.9. The number of pyridine rings is 2. The van der Waals surface area contributed by atoms with Crippen LogP contribution in [0.3, 0.4) is 0 Å². The predicted molar refractivity (Wildman–Crippen MR) is 618 cm³/mol. The van der Waals surface area contributed by atoms with Crippen LogP contribution in [-0.4, -0.2) is 53.4 Å². The maximum Gasteiger partial charge on any atom is 0.494 e. The van der Waals surface area contributed by atoms with Gasteiger partial charge in [0.25, 0.3) is 11.1 Å². The molecular formula is C126H110BBrN6O6P4Pd. The third-order valence-electron chi connectivity index (χ3n) is 25.1. The van der Waals surface area contributed by atoms with Crippen LogP contribution in [0.1, 0.15) is 38.8 Å². The minimum atomic E-state index is -0.446. The van der Waals surface area contributed by atoms with Crippen molar-refractivity contribution >= 4 is 180 Å². The minimum absolute atomic E-state index is 0. The second kappa shape index (κ2) is 51.3. The maximum absolute atomic E-state index is 12.7. The maximum atomic E-state index is 12.7. The van der Waals surface area contributed by atoms with Crippen LogP contribution < -0.4 is 101 Å². The van der Waals surface area contributed by atoms with Crippen molar-refractivity contribution in [3.8, 4) is 11.1 Å². The number of amides is 4. The van der Waals surface area contributed by atoms with Gasteiger partial charge >= 0.3 is 19.2 Å². The van der Waals surface area contributed by atoms with Gasteiger partial charge in [-0.3, -0.25) is 19.4 Å². The summed E-state index contributed by atoms with van der Waals surface area (Å²) in [7, 11) is -2.18. The summed E-state index contributed by atoms with van der Waals surface area (Å²) in [6, 6.07) is 175. The molecule has 3 aliphatic heterocycles. The number of carbonyl (C=O) groups excluding carboxylic acids is 2. The molecule has 23 rings (SSSR count). The van der Waals surface area contributed by atoms with Gasteiger partial charge in [0.15, 0.2) is 0 Å². The Bertz CT molecular complexity index is 6780. The van der Waals surface area contributed by atoms with E-state index in [0.717, 1.165) is 67.4 Å². The van der Waals surface area contributed by atoms with Crippen molar-refractivity contribution in [2.45, 2.75) is 51.7 Å². The van der Waals surface area contributed by atoms with E-state index in [1.807, 2.05) is 155 Å². The number of nitrogens with one attached hydrogen (secondary N) is 4. The number of hydrogen-bond donors (Lipinski definition) is 4. The van der Waals surface area contributed by atoms with E-state index in [-0.39, 0.29) is 54.8 Å². The number of fused-ring (bicyclic) bond motifs is 4. The second-order valence-electron chi connectivity index (χ2n) is 35.2. The Hall–Kier alpha value is -14.2. The fourth-order valence-electron chi connectivity index (χ4n) is 17.3. The molecule has 0 saturated carbocycles. The van der Waals surface area contributed by atoms with Crippen molar-refractivity contribution in [2.24, 2.45) is 0 Å². The van der Waals surface area contributed by atoms with Gasteiger partial charge in [0.05, 0.1) is 11.2 Å². The van der Waals surface area contributed by atoms with Gasteiger partial charge in [-0.2, -0.15) is 0 Å². The molecule has 0 spiro atoms. The van der Waals surface area contributed by atoms with Crippen molar-refractivity contribution in [2.75, 3.05) is 33.5 Å². The first-order chi connectivity index (χ1) is 70.6. The molecule has 145 heavy (non-hydrogen) atoms. The monoisotopic (exact) mass is 2120 g/mol. The van der Waals surface area contributed by atoms with Crippen LogP contribution in [0.2, 0.25) is 0 Å². The van der Waals surface area contributed by atoms with Gasteiger partial charge in [0, 0.05) is 94.9 Å². The molecular weight excluding hydrogens is 2010 g/mol. The van der Waals surface area contributed by atoms with E-state index in [1.54, 1.807) is 28.3 Å². The van der Waals surface area contributed by atoms with Gasteiger partial charge in [-0.1, -0.05) is 461 Å². The molecule has 4 amide bonds. The molecule has 1 fully saturated rings. The molecule has 0 radical (unpaired) electrons. The Morgan fingerprint density at radius 2 is 0.517 bits per heavy atom. The Labute approximate surface area is 877 Å². The van der Waals surface area contributed by atoms with Gasteiger partial charge < -0.3 is 29.9 Å². The molecule has 4 N–H and O–H groups in total. The molecule has 1 saturated heterocycles. The Morgan fingerprint density at radius 3 is 0.793 bits per heavy atom. The van der Waals surface area contributed by atoms with Crippen LogP contribution in [0.25, 0.3) is 32.7 Å². The molecule has 12 nitrogen and oxygen atoms in total. The Balaban J connectivity index is 0.000000123. The Kier molecular flexibility index (Phi) is 36.7. The number of hydrogen-bond acceptors (Lipinski definition) is 6. The quantitative estimate of drug-likeness (QED) is 0.0559. The number of halogens is 1. The van der Waals surface area contributed by atoms with E-state index in [4.69, 9.17) is 9.31 Å². The molecule has 0 aliphatic carbocycles. The summed E-state index contributed by atoms with van der Waals surface area (Å²) in [5, 5.41) is 26.0. The number of aromatic amines is 2. The molecule has 5 heterocycles. The van der Waals surface area contributed by atoms with Crippen LogP contribution in [0.5, 0.6) is 0 Å². The molecule has 20 aromatic rings. The first-order valence-corrected chi connectivity index (χ1v) is 54.3. The average Bonchev–Trinajstić information content (AvgIpc) is 1.61. The molecule has 720 valence electrons. The summed E-state index contributed by atoms with van der Waals surface area (Å²) in [5.74, 6) is 0. The van der Waals surface area contributed by atoms with E-state index >= 15 is 0 Å². The van der Waals surface area contributed by atoms with Crippen molar-refractivity contribution in [3.05, 3.63) is 558 Å². The third kappa shape index (κ3) is 26.9. The Morgan fingerprint density at radius 1 is 0.290 bits per heavy atom. The third-order valence-corrected chi connectivity index (χ3v) is 35.6. The summed E-state index contributed by atoms with van der Waals surface area (Å²) < 4.78 is 13.1. The van der Waals surface area contributed by atoms with Crippen LogP contribution in [0.4, 0.5) is 32.3 Å². The first kappa shape index (κ1) is 104. The minimum Gasteiger partial charge on any atom is -0.399 e. The number of anilines is 4. The van der Waals surface area contributed by atoms with E-state index < -0.39 is 38.8 Å². The number of rotatable bonds is 16. The van der Waals surface area contributed by atoms with Crippen LogP contribution in [0.15, 0.2) is 536 Å². The zero-order valence-electron chi connectivity index (χ0n) is 80.9.